The molecule has 1 atom stereocenters. The van der Waals surface area contributed by atoms with Crippen LogP contribution >= 0.6 is 0 Å². The average Bonchev–Trinajstić information content (AvgIpc) is 2.79. The van der Waals surface area contributed by atoms with Gasteiger partial charge in [0, 0.05) is 43.7 Å². The first-order valence-electron chi connectivity index (χ1n) is 8.58. The fraction of sp³-hybridized carbons (Fsp3) is 0.556. The lowest BCUT2D eigenvalue weighted by atomic mass is 10.1. The molecule has 0 saturated carbocycles. The van der Waals surface area contributed by atoms with Crippen molar-refractivity contribution in [1.82, 2.24) is 15.1 Å². The number of benzene rings is 1. The molecule has 25 heavy (non-hydrogen) atoms. The molecule has 2 rings (SSSR count). The summed E-state index contributed by atoms with van der Waals surface area (Å²) in [6.07, 6.45) is 0.700. The van der Waals surface area contributed by atoms with E-state index in [2.05, 4.69) is 5.32 Å². The Labute approximate surface area is 147 Å². The Morgan fingerprint density at radius 2 is 1.68 bits per heavy atom. The number of hydrogen-bond donors (Lipinski definition) is 1. The topological polar surface area (TPSA) is 52.7 Å². The molecule has 1 saturated heterocycles. The van der Waals surface area contributed by atoms with Gasteiger partial charge < -0.3 is 15.1 Å². The van der Waals surface area contributed by atoms with Crippen molar-refractivity contribution >= 4 is 11.9 Å². The molecule has 1 aliphatic rings. The highest BCUT2D eigenvalue weighted by molar-refractivity contribution is 5.78. The number of nitrogens with one attached hydrogen (secondary N) is 1. The maximum atomic E-state index is 13.8. The molecule has 3 amide bonds. The van der Waals surface area contributed by atoms with Gasteiger partial charge in [0.2, 0.25) is 5.91 Å². The molecule has 1 heterocycles. The van der Waals surface area contributed by atoms with Gasteiger partial charge in [0.05, 0.1) is 6.04 Å². The number of halogens is 2. The number of urea groups is 1. The summed E-state index contributed by atoms with van der Waals surface area (Å²) < 4.78 is 26.8. The van der Waals surface area contributed by atoms with E-state index in [-0.39, 0.29) is 23.4 Å². The number of amides is 3. The van der Waals surface area contributed by atoms with Crippen LogP contribution in [0.5, 0.6) is 0 Å². The summed E-state index contributed by atoms with van der Waals surface area (Å²) in [6, 6.07) is 2.42. The van der Waals surface area contributed by atoms with Crippen LogP contribution in [0.15, 0.2) is 18.2 Å². The van der Waals surface area contributed by atoms with E-state index in [4.69, 9.17) is 0 Å². The lowest BCUT2D eigenvalue weighted by Gasteiger charge is -2.25. The fourth-order valence-electron chi connectivity index (χ4n) is 2.91. The molecule has 1 N–H and O–H groups in total. The maximum Gasteiger partial charge on any atom is 0.317 e. The second kappa shape index (κ2) is 8.27. The van der Waals surface area contributed by atoms with Crippen molar-refractivity contribution in [2.75, 3.05) is 26.2 Å². The van der Waals surface area contributed by atoms with Gasteiger partial charge in [-0.15, -0.1) is 0 Å². The molecule has 0 spiro atoms. The van der Waals surface area contributed by atoms with Crippen molar-refractivity contribution in [2.45, 2.75) is 33.2 Å². The minimum absolute atomic E-state index is 0.0677. The van der Waals surface area contributed by atoms with Gasteiger partial charge >= 0.3 is 6.03 Å². The van der Waals surface area contributed by atoms with E-state index in [9.17, 15) is 18.4 Å². The van der Waals surface area contributed by atoms with Crippen molar-refractivity contribution in [3.63, 3.8) is 0 Å². The minimum atomic E-state index is -0.683. The summed E-state index contributed by atoms with van der Waals surface area (Å²) in [5, 5.41) is 2.74. The van der Waals surface area contributed by atoms with Crippen molar-refractivity contribution in [3.05, 3.63) is 35.4 Å². The first kappa shape index (κ1) is 19.1. The highest BCUT2D eigenvalue weighted by Gasteiger charge is 2.24. The predicted molar refractivity (Wildman–Crippen MR) is 90.9 cm³/mol. The van der Waals surface area contributed by atoms with Gasteiger partial charge in [-0.05, 0) is 19.4 Å². The van der Waals surface area contributed by atoms with Crippen molar-refractivity contribution in [1.29, 1.82) is 0 Å². The molecule has 0 aromatic heterocycles. The van der Waals surface area contributed by atoms with E-state index in [1.165, 1.54) is 12.1 Å². The Hall–Kier alpha value is -2.18. The Bertz CT molecular complexity index is 637. The molecular weight excluding hydrogens is 328 g/mol. The third kappa shape index (κ3) is 4.90. The van der Waals surface area contributed by atoms with E-state index in [0.717, 1.165) is 6.07 Å². The van der Waals surface area contributed by atoms with Crippen molar-refractivity contribution in [3.8, 4) is 0 Å². The molecule has 1 fully saturated rings. The molecule has 1 aromatic carbocycles. The molecule has 1 aromatic rings. The average molecular weight is 353 g/mol. The highest BCUT2D eigenvalue weighted by Crippen LogP contribution is 2.18. The van der Waals surface area contributed by atoms with Crippen LogP contribution in [0.2, 0.25) is 0 Å². The lowest BCUT2D eigenvalue weighted by molar-refractivity contribution is -0.134. The Kier molecular flexibility index (Phi) is 6.33. The maximum absolute atomic E-state index is 13.8. The highest BCUT2D eigenvalue weighted by atomic mass is 19.1. The Morgan fingerprint density at radius 1 is 1.04 bits per heavy atom. The molecule has 138 valence electrons. The Morgan fingerprint density at radius 3 is 2.32 bits per heavy atom. The molecule has 7 heteroatoms. The van der Waals surface area contributed by atoms with Crippen LogP contribution in [-0.4, -0.2) is 47.9 Å². The van der Waals surface area contributed by atoms with E-state index >= 15 is 0 Å². The molecule has 0 aliphatic carbocycles. The second-order valence-electron chi connectivity index (χ2n) is 6.66. The molecule has 0 bridgehead atoms. The van der Waals surface area contributed by atoms with Gasteiger partial charge in [-0.3, -0.25) is 4.79 Å². The van der Waals surface area contributed by atoms with Crippen molar-refractivity contribution in [2.24, 2.45) is 5.92 Å². The summed E-state index contributed by atoms with van der Waals surface area (Å²) in [5.74, 6) is -1.31. The standard InChI is InChI=1S/C18H25F2N3O2/c1-12(2)17(24)22-7-4-8-23(10-9-22)18(25)21-13(3)15-6-5-14(19)11-16(15)20/h5-6,11-13H,4,7-10H2,1-3H3,(H,21,25)/t13-/m1/s1. The minimum Gasteiger partial charge on any atom is -0.341 e. The fourth-order valence-corrected chi connectivity index (χ4v) is 2.91. The van der Waals surface area contributed by atoms with Crippen LogP contribution in [0.3, 0.4) is 0 Å². The number of rotatable bonds is 3. The van der Waals surface area contributed by atoms with Crippen LogP contribution in [0, 0.1) is 17.6 Å². The first-order valence-corrected chi connectivity index (χ1v) is 8.58. The zero-order valence-electron chi connectivity index (χ0n) is 14.9. The van der Waals surface area contributed by atoms with E-state index in [1.807, 2.05) is 13.8 Å². The van der Waals surface area contributed by atoms with Crippen LogP contribution < -0.4 is 5.32 Å². The van der Waals surface area contributed by atoms with Gasteiger partial charge in [-0.25, -0.2) is 13.6 Å². The summed E-state index contributed by atoms with van der Waals surface area (Å²) in [6.45, 7) is 7.45. The van der Waals surface area contributed by atoms with Gasteiger partial charge in [-0.2, -0.15) is 0 Å². The molecule has 5 nitrogen and oxygen atoms in total. The monoisotopic (exact) mass is 353 g/mol. The van der Waals surface area contributed by atoms with Gasteiger partial charge in [0.1, 0.15) is 11.6 Å². The third-order valence-electron chi connectivity index (χ3n) is 4.36. The second-order valence-corrected chi connectivity index (χ2v) is 6.66. The van der Waals surface area contributed by atoms with E-state index in [1.54, 1.807) is 16.7 Å². The number of carbonyl (C=O) groups is 2. The third-order valence-corrected chi connectivity index (χ3v) is 4.36. The van der Waals surface area contributed by atoms with Gasteiger partial charge in [0.25, 0.3) is 0 Å². The largest absolute Gasteiger partial charge is 0.341 e. The number of nitrogens with zero attached hydrogens (tertiary/aromatic N) is 2. The van der Waals surface area contributed by atoms with E-state index in [0.29, 0.717) is 32.6 Å². The zero-order chi connectivity index (χ0) is 18.6. The molecule has 0 radical (unpaired) electrons. The normalized spacial score (nSPS) is 16.6. The predicted octanol–water partition coefficient (Wildman–Crippen LogP) is 2.93. The van der Waals surface area contributed by atoms with Gasteiger partial charge in [0.15, 0.2) is 0 Å². The smallest absolute Gasteiger partial charge is 0.317 e. The zero-order valence-corrected chi connectivity index (χ0v) is 14.9. The molecule has 1 aliphatic heterocycles. The van der Waals surface area contributed by atoms with Crippen LogP contribution in [0.4, 0.5) is 13.6 Å². The van der Waals surface area contributed by atoms with Crippen LogP contribution in [0.1, 0.15) is 38.8 Å². The van der Waals surface area contributed by atoms with Crippen molar-refractivity contribution < 1.29 is 18.4 Å². The molecular formula is C18H25F2N3O2. The van der Waals surface area contributed by atoms with Gasteiger partial charge in [-0.1, -0.05) is 19.9 Å². The number of carbonyl (C=O) groups excluding carboxylic acids is 2. The Balaban J connectivity index is 1.95. The summed E-state index contributed by atoms with van der Waals surface area (Å²) >= 11 is 0. The SMILES string of the molecule is CC(C)C(=O)N1CCCN(C(=O)N[C@H](C)c2ccc(F)cc2F)CC1. The summed E-state index contributed by atoms with van der Waals surface area (Å²) in [7, 11) is 0. The van der Waals surface area contributed by atoms with E-state index < -0.39 is 17.7 Å². The van der Waals surface area contributed by atoms with Crippen LogP contribution in [0.25, 0.3) is 0 Å². The quantitative estimate of drug-likeness (QED) is 0.908. The lowest BCUT2D eigenvalue weighted by Crippen LogP contribution is -2.43. The number of hydrogen-bond acceptors (Lipinski definition) is 2. The first-order chi connectivity index (χ1) is 11.8. The molecule has 0 unspecified atom stereocenters. The summed E-state index contributed by atoms with van der Waals surface area (Å²) in [4.78, 5) is 27.9. The summed E-state index contributed by atoms with van der Waals surface area (Å²) in [5.41, 5.74) is 0.237. The van der Waals surface area contributed by atoms with Crippen LogP contribution in [-0.2, 0) is 4.79 Å².